The second-order valence-electron chi connectivity index (χ2n) is 7.33. The first-order valence-electron chi connectivity index (χ1n) is 8.79. The maximum absolute atomic E-state index is 12.6. The van der Waals surface area contributed by atoms with E-state index in [4.69, 9.17) is 10.5 Å². The molecule has 0 radical (unpaired) electrons. The number of hydrogen-bond acceptors (Lipinski definition) is 3. The van der Waals surface area contributed by atoms with Gasteiger partial charge in [-0.3, -0.25) is 9.59 Å². The lowest BCUT2D eigenvalue weighted by molar-refractivity contribution is -0.158. The van der Waals surface area contributed by atoms with E-state index in [-0.39, 0.29) is 24.0 Å². The maximum atomic E-state index is 12.6. The van der Waals surface area contributed by atoms with E-state index in [1.165, 1.54) is 19.3 Å². The Hall–Kier alpha value is -1.10. The van der Waals surface area contributed by atoms with Gasteiger partial charge in [-0.2, -0.15) is 0 Å². The van der Waals surface area contributed by atoms with Gasteiger partial charge in [0.05, 0.1) is 6.10 Å². The molecule has 3 aliphatic rings. The van der Waals surface area contributed by atoms with Gasteiger partial charge in [-0.05, 0) is 38.5 Å². The van der Waals surface area contributed by atoms with E-state index in [1.54, 1.807) is 0 Å². The molecule has 0 aromatic carbocycles. The van der Waals surface area contributed by atoms with Gasteiger partial charge in [0.15, 0.2) is 0 Å². The average molecular weight is 308 g/mol. The Labute approximate surface area is 132 Å². The molecule has 3 rings (SSSR count). The third-order valence-corrected chi connectivity index (χ3v) is 6.04. The zero-order chi connectivity index (χ0) is 15.6. The molecule has 5 heteroatoms. The quantitative estimate of drug-likeness (QED) is 0.861. The molecule has 1 aliphatic heterocycles. The molecule has 124 valence electrons. The first kappa shape index (κ1) is 15.8. The number of primary amides is 1. The Bertz CT molecular complexity index is 424. The van der Waals surface area contributed by atoms with Crippen LogP contribution in [0.1, 0.15) is 57.8 Å². The number of rotatable bonds is 4. The van der Waals surface area contributed by atoms with Gasteiger partial charge in [0.1, 0.15) is 6.61 Å². The molecule has 1 atom stereocenters. The molecule has 2 saturated carbocycles. The standard InChI is InChI=1S/C17H28N2O3/c18-15(20)12-22-14-6-7-17(14)8-10-19(11-9-17)16(21)13-4-2-1-3-5-13/h13-14H,1-12H2,(H2,18,20). The molecule has 5 nitrogen and oxygen atoms in total. The van der Waals surface area contributed by atoms with Crippen molar-refractivity contribution in [3.05, 3.63) is 0 Å². The zero-order valence-corrected chi connectivity index (χ0v) is 13.4. The van der Waals surface area contributed by atoms with Gasteiger partial charge < -0.3 is 15.4 Å². The fourth-order valence-electron chi connectivity index (χ4n) is 4.47. The van der Waals surface area contributed by atoms with Crippen LogP contribution in [0.25, 0.3) is 0 Å². The van der Waals surface area contributed by atoms with Crippen LogP contribution < -0.4 is 5.73 Å². The Morgan fingerprint density at radius 1 is 1.05 bits per heavy atom. The first-order chi connectivity index (χ1) is 10.6. The molecule has 1 unspecified atom stereocenters. The number of amides is 2. The summed E-state index contributed by atoms with van der Waals surface area (Å²) in [5, 5.41) is 0. The molecule has 1 saturated heterocycles. The summed E-state index contributed by atoms with van der Waals surface area (Å²) in [5.41, 5.74) is 5.36. The van der Waals surface area contributed by atoms with Gasteiger partial charge >= 0.3 is 0 Å². The van der Waals surface area contributed by atoms with Crippen molar-refractivity contribution >= 4 is 11.8 Å². The van der Waals surface area contributed by atoms with Crippen molar-refractivity contribution in [1.82, 2.24) is 4.90 Å². The number of ether oxygens (including phenoxy) is 1. The van der Waals surface area contributed by atoms with Crippen LogP contribution >= 0.6 is 0 Å². The number of nitrogens with two attached hydrogens (primary N) is 1. The van der Waals surface area contributed by atoms with Crippen LogP contribution in [0.3, 0.4) is 0 Å². The number of carbonyl (C=O) groups is 2. The summed E-state index contributed by atoms with van der Waals surface area (Å²) in [7, 11) is 0. The van der Waals surface area contributed by atoms with Crippen molar-refractivity contribution in [2.45, 2.75) is 63.9 Å². The molecule has 2 amide bonds. The van der Waals surface area contributed by atoms with Crippen molar-refractivity contribution in [2.24, 2.45) is 17.1 Å². The SMILES string of the molecule is NC(=O)COC1CCC12CCN(C(=O)C1CCCCC1)CC2. The number of nitrogens with zero attached hydrogens (tertiary/aromatic N) is 1. The highest BCUT2D eigenvalue weighted by Gasteiger charge is 2.49. The average Bonchev–Trinajstić information content (AvgIpc) is 2.54. The molecule has 1 spiro atoms. The first-order valence-corrected chi connectivity index (χ1v) is 8.79. The Morgan fingerprint density at radius 2 is 1.73 bits per heavy atom. The van der Waals surface area contributed by atoms with E-state index in [0.29, 0.717) is 5.91 Å². The molecule has 0 bridgehead atoms. The molecule has 1 heterocycles. The van der Waals surface area contributed by atoms with Crippen molar-refractivity contribution in [3.8, 4) is 0 Å². The van der Waals surface area contributed by atoms with Crippen LogP contribution in [0.4, 0.5) is 0 Å². The summed E-state index contributed by atoms with van der Waals surface area (Å²) in [6.07, 6.45) is 10.2. The van der Waals surface area contributed by atoms with Gasteiger partial charge in [0, 0.05) is 24.4 Å². The Morgan fingerprint density at radius 3 is 2.27 bits per heavy atom. The van der Waals surface area contributed by atoms with Crippen molar-refractivity contribution < 1.29 is 14.3 Å². The van der Waals surface area contributed by atoms with E-state index in [2.05, 4.69) is 4.90 Å². The van der Waals surface area contributed by atoms with Gasteiger partial charge in [-0.15, -0.1) is 0 Å². The minimum Gasteiger partial charge on any atom is -0.368 e. The highest BCUT2D eigenvalue weighted by molar-refractivity contribution is 5.79. The van der Waals surface area contributed by atoms with E-state index < -0.39 is 5.91 Å². The summed E-state index contributed by atoms with van der Waals surface area (Å²) in [4.78, 5) is 25.6. The van der Waals surface area contributed by atoms with Crippen LogP contribution in [-0.2, 0) is 14.3 Å². The summed E-state index contributed by atoms with van der Waals surface area (Å²) in [5.74, 6) is 0.251. The topological polar surface area (TPSA) is 72.6 Å². The van der Waals surface area contributed by atoms with Crippen LogP contribution in [0.15, 0.2) is 0 Å². The number of likely N-dealkylation sites (tertiary alicyclic amines) is 1. The summed E-state index contributed by atoms with van der Waals surface area (Å²) in [6.45, 7) is 1.73. The third kappa shape index (κ3) is 3.14. The number of carbonyl (C=O) groups excluding carboxylic acids is 2. The second-order valence-corrected chi connectivity index (χ2v) is 7.33. The van der Waals surface area contributed by atoms with E-state index >= 15 is 0 Å². The minimum atomic E-state index is -0.396. The predicted molar refractivity (Wildman–Crippen MR) is 83.0 cm³/mol. The minimum absolute atomic E-state index is 0.0249. The second kappa shape index (κ2) is 6.57. The van der Waals surface area contributed by atoms with Gasteiger partial charge in [0.2, 0.25) is 11.8 Å². The molecule has 2 aliphatic carbocycles. The largest absolute Gasteiger partial charge is 0.368 e. The normalized spacial score (nSPS) is 28.4. The lowest BCUT2D eigenvalue weighted by Crippen LogP contribution is -2.55. The van der Waals surface area contributed by atoms with Crippen LogP contribution in [0.5, 0.6) is 0 Å². The van der Waals surface area contributed by atoms with E-state index in [9.17, 15) is 9.59 Å². The third-order valence-electron chi connectivity index (χ3n) is 6.04. The number of piperidine rings is 1. The highest BCUT2D eigenvalue weighted by atomic mass is 16.5. The Balaban J connectivity index is 1.49. The van der Waals surface area contributed by atoms with E-state index in [0.717, 1.165) is 51.6 Å². The molecule has 22 heavy (non-hydrogen) atoms. The van der Waals surface area contributed by atoms with Crippen LogP contribution in [0.2, 0.25) is 0 Å². The predicted octanol–water partition coefficient (Wildman–Crippen LogP) is 1.84. The van der Waals surface area contributed by atoms with Gasteiger partial charge in [-0.25, -0.2) is 0 Å². The van der Waals surface area contributed by atoms with Crippen molar-refractivity contribution in [1.29, 1.82) is 0 Å². The van der Waals surface area contributed by atoms with Crippen molar-refractivity contribution in [2.75, 3.05) is 19.7 Å². The molecule has 0 aromatic heterocycles. The molecule has 0 aromatic rings. The summed E-state index contributed by atoms with van der Waals surface area (Å²) >= 11 is 0. The van der Waals surface area contributed by atoms with Gasteiger partial charge in [-0.1, -0.05) is 19.3 Å². The fraction of sp³-hybridized carbons (Fsp3) is 0.882. The lowest BCUT2D eigenvalue weighted by Gasteiger charge is -2.53. The molecule has 2 N–H and O–H groups in total. The smallest absolute Gasteiger partial charge is 0.243 e. The molecular formula is C17H28N2O3. The summed E-state index contributed by atoms with van der Waals surface area (Å²) < 4.78 is 5.67. The zero-order valence-electron chi connectivity index (χ0n) is 13.4. The molecule has 3 fully saturated rings. The Kier molecular flexibility index (Phi) is 4.71. The monoisotopic (exact) mass is 308 g/mol. The van der Waals surface area contributed by atoms with Crippen molar-refractivity contribution in [3.63, 3.8) is 0 Å². The van der Waals surface area contributed by atoms with Crippen LogP contribution in [0, 0.1) is 11.3 Å². The lowest BCUT2D eigenvalue weighted by atomic mass is 9.60. The highest BCUT2D eigenvalue weighted by Crippen LogP contribution is 2.51. The van der Waals surface area contributed by atoms with Crippen LogP contribution in [-0.4, -0.2) is 42.5 Å². The maximum Gasteiger partial charge on any atom is 0.243 e. The number of hydrogen-bond donors (Lipinski definition) is 1. The van der Waals surface area contributed by atoms with E-state index in [1.807, 2.05) is 0 Å². The van der Waals surface area contributed by atoms with Gasteiger partial charge in [0.25, 0.3) is 0 Å². The fourth-order valence-corrected chi connectivity index (χ4v) is 4.47. The molecular weight excluding hydrogens is 280 g/mol. The summed E-state index contributed by atoms with van der Waals surface area (Å²) in [6, 6.07) is 0.